The molecular formula is C56H53N4Pt-3. The molecule has 0 atom stereocenters. The molecule has 0 fully saturated rings. The van der Waals surface area contributed by atoms with Crippen molar-refractivity contribution in [2.45, 2.75) is 84.0 Å². The Hall–Kier alpha value is -5.44. The quantitative estimate of drug-likeness (QED) is 0.164. The standard InChI is InChI=1S/C56H53N4.Pt/c1-53(2,3)36-24-26-49-51(32-36)58(10)35-59(49)41-30-39(55(7,8)9)29-40(31-41)56(46-20-14-11-17-42(46)43-18-12-15-21-47(43)56)38-23-25-45-44-19-13-16-22-48(44)60(50(45)33-38)52-34-37(27-28-57-52)54(4,5)6;/h11-30,32,34-35H,1-10H3;/q-3;. The maximum atomic E-state index is 5.03. The summed E-state index contributed by atoms with van der Waals surface area (Å²) in [7, 11) is 2.15. The minimum Gasteiger partial charge on any atom is -0.504 e. The van der Waals surface area contributed by atoms with Crippen molar-refractivity contribution in [3.8, 4) is 16.9 Å². The number of rotatable bonds is 4. The molecule has 0 bridgehead atoms. The molecule has 61 heavy (non-hydrogen) atoms. The number of pyridine rings is 1. The average Bonchev–Trinajstić information content (AvgIpc) is 3.85. The van der Waals surface area contributed by atoms with Crippen molar-refractivity contribution < 1.29 is 21.1 Å². The van der Waals surface area contributed by atoms with Gasteiger partial charge in [0.25, 0.3) is 0 Å². The summed E-state index contributed by atoms with van der Waals surface area (Å²) in [6, 6.07) is 55.7. The van der Waals surface area contributed by atoms with E-state index < -0.39 is 5.41 Å². The van der Waals surface area contributed by atoms with Crippen molar-refractivity contribution in [1.82, 2.24) is 9.55 Å². The normalized spacial score (nSPS) is 14.6. The van der Waals surface area contributed by atoms with Crippen LogP contribution in [-0.4, -0.2) is 16.6 Å². The average molecular weight is 977 g/mol. The number of hydrogen-bond acceptors (Lipinski definition) is 3. The summed E-state index contributed by atoms with van der Waals surface area (Å²) >= 11 is 0. The molecule has 0 unspecified atom stereocenters. The van der Waals surface area contributed by atoms with Crippen LogP contribution in [0.5, 0.6) is 0 Å². The van der Waals surface area contributed by atoms with E-state index in [0.717, 1.165) is 44.7 Å². The summed E-state index contributed by atoms with van der Waals surface area (Å²) in [5.74, 6) is 0.897. The van der Waals surface area contributed by atoms with Crippen molar-refractivity contribution >= 4 is 38.9 Å². The smallest absolute Gasteiger partial charge is 0.135 e. The number of hydrogen-bond donors (Lipinski definition) is 0. The molecule has 1 aliphatic carbocycles. The van der Waals surface area contributed by atoms with E-state index in [1.165, 1.54) is 50.0 Å². The summed E-state index contributed by atoms with van der Waals surface area (Å²) in [5, 5.41) is 2.34. The van der Waals surface area contributed by atoms with E-state index in [4.69, 9.17) is 4.98 Å². The second-order valence-electron chi connectivity index (χ2n) is 19.9. The van der Waals surface area contributed by atoms with Crippen molar-refractivity contribution in [2.75, 3.05) is 16.8 Å². The molecule has 310 valence electrons. The molecule has 4 nitrogen and oxygen atoms in total. The van der Waals surface area contributed by atoms with Crippen molar-refractivity contribution in [3.63, 3.8) is 0 Å². The first kappa shape index (κ1) is 40.9. The van der Waals surface area contributed by atoms with Gasteiger partial charge in [-0.15, -0.1) is 28.3 Å². The minimum absolute atomic E-state index is 0. The van der Waals surface area contributed by atoms with Gasteiger partial charge in [-0.05, 0) is 92.4 Å². The van der Waals surface area contributed by atoms with Gasteiger partial charge in [0.15, 0.2) is 0 Å². The first-order valence-electron chi connectivity index (χ1n) is 21.3. The van der Waals surface area contributed by atoms with Crippen LogP contribution >= 0.6 is 0 Å². The Bertz CT molecular complexity index is 2960. The molecule has 2 aliphatic rings. The van der Waals surface area contributed by atoms with Crippen LogP contribution in [0.25, 0.3) is 38.8 Å². The predicted octanol–water partition coefficient (Wildman–Crippen LogP) is 13.7. The molecular weight excluding hydrogens is 924 g/mol. The van der Waals surface area contributed by atoms with Gasteiger partial charge in [0, 0.05) is 49.6 Å². The van der Waals surface area contributed by atoms with Crippen LogP contribution in [0.3, 0.4) is 0 Å². The third kappa shape index (κ3) is 6.39. The third-order valence-electron chi connectivity index (χ3n) is 12.9. The fraction of sp³-hybridized carbons (Fsp3) is 0.250. The van der Waals surface area contributed by atoms with E-state index in [2.05, 4.69) is 230 Å². The number of benzene rings is 6. The van der Waals surface area contributed by atoms with Gasteiger partial charge < -0.3 is 14.4 Å². The molecule has 2 aromatic heterocycles. The Labute approximate surface area is 376 Å². The molecule has 0 N–H and O–H groups in total. The maximum Gasteiger partial charge on any atom is 0.135 e. The Morgan fingerprint density at radius 2 is 1.18 bits per heavy atom. The van der Waals surface area contributed by atoms with E-state index in [1.54, 1.807) is 0 Å². The minimum atomic E-state index is -0.732. The number of aromatic nitrogens is 2. The van der Waals surface area contributed by atoms with Crippen LogP contribution in [0.4, 0.5) is 17.1 Å². The third-order valence-corrected chi connectivity index (χ3v) is 12.9. The molecule has 5 heteroatoms. The van der Waals surface area contributed by atoms with Gasteiger partial charge in [-0.3, -0.25) is 0 Å². The van der Waals surface area contributed by atoms with E-state index in [1.807, 2.05) is 6.20 Å². The van der Waals surface area contributed by atoms with Gasteiger partial charge in [-0.1, -0.05) is 141 Å². The van der Waals surface area contributed by atoms with Gasteiger partial charge in [0.1, 0.15) is 5.82 Å². The predicted molar refractivity (Wildman–Crippen MR) is 251 cm³/mol. The zero-order chi connectivity index (χ0) is 41.9. The molecule has 3 heterocycles. The Kier molecular flexibility index (Phi) is 9.61. The van der Waals surface area contributed by atoms with Crippen molar-refractivity contribution in [3.05, 3.63) is 191 Å². The van der Waals surface area contributed by atoms with E-state index >= 15 is 0 Å². The molecule has 10 rings (SSSR count). The van der Waals surface area contributed by atoms with E-state index in [-0.39, 0.29) is 37.3 Å². The molecule has 6 aromatic carbocycles. The van der Waals surface area contributed by atoms with Gasteiger partial charge in [-0.25, -0.2) is 4.98 Å². The monoisotopic (exact) mass is 976 g/mol. The second kappa shape index (κ2) is 14.3. The van der Waals surface area contributed by atoms with Gasteiger partial charge >= 0.3 is 0 Å². The van der Waals surface area contributed by atoms with Gasteiger partial charge in [0.05, 0.1) is 0 Å². The largest absolute Gasteiger partial charge is 0.504 e. The first-order valence-corrected chi connectivity index (χ1v) is 21.3. The summed E-state index contributed by atoms with van der Waals surface area (Å²) in [6.07, 6.45) is 1.95. The molecule has 8 aromatic rings. The number of para-hydroxylation sites is 1. The van der Waals surface area contributed by atoms with Crippen LogP contribution < -0.4 is 9.80 Å². The molecule has 0 radical (unpaired) electrons. The first-order chi connectivity index (χ1) is 28.5. The Morgan fingerprint density at radius 3 is 1.85 bits per heavy atom. The summed E-state index contributed by atoms with van der Waals surface area (Å²) in [4.78, 5) is 9.62. The SMILES string of the molecule is CN1[CH-]N(c2[c-]c(C3(c4[c-]c5c(cc4)c4ccccc4n5-c4cc(C(C)(C)C)ccn4)c4ccccc4-c4ccccc43)cc(C(C)(C)C)c2)c2ccc(C(C)(C)C)cc21.[Pt]. The fourth-order valence-corrected chi connectivity index (χ4v) is 9.60. The zero-order valence-electron chi connectivity index (χ0n) is 36.9. The van der Waals surface area contributed by atoms with Crippen molar-refractivity contribution in [2.24, 2.45) is 0 Å². The zero-order valence-corrected chi connectivity index (χ0v) is 39.2. The Balaban J connectivity index is 0.00000476. The number of anilines is 3. The van der Waals surface area contributed by atoms with Crippen LogP contribution in [-0.2, 0) is 42.7 Å². The molecule has 0 saturated heterocycles. The van der Waals surface area contributed by atoms with Crippen LogP contribution in [0, 0.1) is 18.8 Å². The molecule has 0 spiro atoms. The van der Waals surface area contributed by atoms with Crippen LogP contribution in [0.1, 0.15) is 101 Å². The number of fused-ring (bicyclic) bond motifs is 7. The maximum absolute atomic E-state index is 5.03. The molecule has 0 amide bonds. The second-order valence-corrected chi connectivity index (χ2v) is 19.9. The topological polar surface area (TPSA) is 24.3 Å². The molecule has 1 aliphatic heterocycles. The Morgan fingerprint density at radius 1 is 0.557 bits per heavy atom. The summed E-state index contributed by atoms with van der Waals surface area (Å²) in [5.41, 5.74) is 15.6. The van der Waals surface area contributed by atoms with Gasteiger partial charge in [-0.2, -0.15) is 42.6 Å². The van der Waals surface area contributed by atoms with Crippen molar-refractivity contribution in [1.29, 1.82) is 0 Å². The fourth-order valence-electron chi connectivity index (χ4n) is 9.60. The number of nitrogens with zero attached hydrogens (tertiary/aromatic N) is 4. The van der Waals surface area contributed by atoms with Crippen LogP contribution in [0.2, 0.25) is 0 Å². The van der Waals surface area contributed by atoms with E-state index in [0.29, 0.717) is 0 Å². The van der Waals surface area contributed by atoms with Crippen LogP contribution in [0.15, 0.2) is 134 Å². The molecule has 0 saturated carbocycles. The van der Waals surface area contributed by atoms with Gasteiger partial charge in [0.2, 0.25) is 0 Å². The summed E-state index contributed by atoms with van der Waals surface area (Å²) < 4.78 is 2.32. The summed E-state index contributed by atoms with van der Waals surface area (Å²) in [6.45, 7) is 22.8. The van der Waals surface area contributed by atoms with E-state index in [9.17, 15) is 0 Å².